The number of aromatic nitrogens is 4. The highest BCUT2D eigenvalue weighted by Gasteiger charge is 2.22. The Kier molecular flexibility index (Phi) is 3.58. The molecule has 7 heteroatoms. The summed E-state index contributed by atoms with van der Waals surface area (Å²) in [6, 6.07) is 0. The number of nitrogens with zero attached hydrogens (tertiary/aromatic N) is 4. The maximum atomic E-state index is 5.84. The first-order valence-electron chi connectivity index (χ1n) is 5.99. The van der Waals surface area contributed by atoms with E-state index in [2.05, 4.69) is 25.1 Å². The van der Waals surface area contributed by atoms with Crippen LogP contribution in [0.1, 0.15) is 29.5 Å². The molecule has 1 saturated heterocycles. The fraction of sp³-hybridized carbons (Fsp3) is 0.545. The van der Waals surface area contributed by atoms with Crippen LogP contribution in [0.15, 0.2) is 12.5 Å². The van der Waals surface area contributed by atoms with Crippen LogP contribution in [0, 0.1) is 0 Å². The lowest BCUT2D eigenvalue weighted by Gasteiger charge is -2.30. The van der Waals surface area contributed by atoms with E-state index >= 15 is 0 Å². The van der Waals surface area contributed by atoms with Crippen molar-refractivity contribution in [3.63, 3.8) is 0 Å². The molecule has 0 radical (unpaired) electrons. The van der Waals surface area contributed by atoms with Crippen molar-refractivity contribution in [3.05, 3.63) is 27.7 Å². The average molecular weight is 284 g/mol. The molecular formula is C11H14ClN5S. The number of aromatic amines is 1. The van der Waals surface area contributed by atoms with E-state index < -0.39 is 0 Å². The van der Waals surface area contributed by atoms with Gasteiger partial charge in [0.05, 0.1) is 0 Å². The molecule has 1 N–H and O–H groups in total. The Bertz CT molecular complexity index is 489. The molecule has 0 spiro atoms. The molecule has 1 aliphatic rings. The Morgan fingerprint density at radius 3 is 2.83 bits per heavy atom. The van der Waals surface area contributed by atoms with E-state index in [9.17, 15) is 0 Å². The number of piperidine rings is 1. The number of halogens is 1. The molecule has 2 aromatic rings. The van der Waals surface area contributed by atoms with Gasteiger partial charge in [0.1, 0.15) is 12.2 Å². The monoisotopic (exact) mass is 283 g/mol. The summed E-state index contributed by atoms with van der Waals surface area (Å²) in [7, 11) is 0. The molecule has 1 aliphatic heterocycles. The van der Waals surface area contributed by atoms with Crippen molar-refractivity contribution in [2.24, 2.45) is 0 Å². The molecule has 0 aromatic carbocycles. The Morgan fingerprint density at radius 1 is 1.39 bits per heavy atom. The third-order valence-corrected chi connectivity index (χ3v) is 4.41. The van der Waals surface area contributed by atoms with E-state index in [1.807, 2.05) is 6.20 Å². The molecule has 0 unspecified atom stereocenters. The van der Waals surface area contributed by atoms with Crippen LogP contribution in [0.25, 0.3) is 0 Å². The molecule has 0 saturated carbocycles. The summed E-state index contributed by atoms with van der Waals surface area (Å²) in [5.41, 5.74) is 0. The number of rotatable bonds is 3. The summed E-state index contributed by atoms with van der Waals surface area (Å²) < 4.78 is 0.626. The molecular weight excluding hydrogens is 270 g/mol. The standard InChI is InChI=1S/C11H14ClN5S/c12-11-13-5-9(18-11)6-17-3-1-8(2-4-17)10-14-7-15-16-10/h5,7-8H,1-4,6H2,(H,14,15,16). The van der Waals surface area contributed by atoms with Gasteiger partial charge in [-0.15, -0.1) is 11.3 Å². The van der Waals surface area contributed by atoms with Crippen LogP contribution in [-0.4, -0.2) is 38.2 Å². The average Bonchev–Trinajstić information content (AvgIpc) is 3.02. The predicted octanol–water partition coefficient (Wildman–Crippen LogP) is 2.29. The van der Waals surface area contributed by atoms with Gasteiger partial charge in [0.25, 0.3) is 0 Å². The lowest BCUT2D eigenvalue weighted by Crippen LogP contribution is -2.32. The van der Waals surface area contributed by atoms with Crippen molar-refractivity contribution in [3.8, 4) is 0 Å². The Labute approximate surface area is 114 Å². The molecule has 3 rings (SSSR count). The van der Waals surface area contributed by atoms with Gasteiger partial charge in [0.2, 0.25) is 0 Å². The maximum absolute atomic E-state index is 5.84. The van der Waals surface area contributed by atoms with Gasteiger partial charge in [-0.2, -0.15) is 5.10 Å². The van der Waals surface area contributed by atoms with E-state index in [0.717, 1.165) is 38.3 Å². The second-order valence-corrected chi connectivity index (χ2v) is 6.20. The van der Waals surface area contributed by atoms with Gasteiger partial charge in [-0.25, -0.2) is 9.97 Å². The molecule has 0 atom stereocenters. The third-order valence-electron chi connectivity index (χ3n) is 3.31. The van der Waals surface area contributed by atoms with E-state index in [1.165, 1.54) is 4.88 Å². The number of hydrogen-bond acceptors (Lipinski definition) is 5. The summed E-state index contributed by atoms with van der Waals surface area (Å²) in [4.78, 5) is 12.0. The minimum atomic E-state index is 0.522. The van der Waals surface area contributed by atoms with Gasteiger partial charge in [0.15, 0.2) is 4.47 Å². The van der Waals surface area contributed by atoms with Gasteiger partial charge < -0.3 is 0 Å². The van der Waals surface area contributed by atoms with Gasteiger partial charge in [-0.1, -0.05) is 11.6 Å². The van der Waals surface area contributed by atoms with Crippen molar-refractivity contribution < 1.29 is 0 Å². The van der Waals surface area contributed by atoms with E-state index in [0.29, 0.717) is 10.4 Å². The minimum Gasteiger partial charge on any atom is -0.298 e. The van der Waals surface area contributed by atoms with E-state index in [-0.39, 0.29) is 0 Å². The molecule has 0 bridgehead atoms. The summed E-state index contributed by atoms with van der Waals surface area (Å²) in [6.45, 7) is 3.12. The first-order valence-corrected chi connectivity index (χ1v) is 7.18. The Morgan fingerprint density at radius 2 is 2.22 bits per heavy atom. The van der Waals surface area contributed by atoms with Crippen molar-refractivity contribution >= 4 is 22.9 Å². The molecule has 0 aliphatic carbocycles. The molecule has 0 amide bonds. The largest absolute Gasteiger partial charge is 0.298 e. The summed E-state index contributed by atoms with van der Waals surface area (Å²) in [5, 5.41) is 6.89. The summed E-state index contributed by atoms with van der Waals surface area (Å²) in [5.74, 6) is 1.55. The van der Waals surface area contributed by atoms with Crippen LogP contribution in [-0.2, 0) is 6.54 Å². The van der Waals surface area contributed by atoms with Gasteiger partial charge >= 0.3 is 0 Å². The zero-order chi connectivity index (χ0) is 12.4. The molecule has 2 aromatic heterocycles. The topological polar surface area (TPSA) is 57.7 Å². The van der Waals surface area contributed by atoms with Crippen LogP contribution < -0.4 is 0 Å². The molecule has 1 fully saturated rings. The summed E-state index contributed by atoms with van der Waals surface area (Å²) in [6.07, 6.45) is 5.71. The SMILES string of the molecule is Clc1ncc(CN2CCC(c3ncn[nH]3)CC2)s1. The third kappa shape index (κ3) is 2.71. The first kappa shape index (κ1) is 12.1. The Balaban J connectivity index is 1.54. The number of hydrogen-bond donors (Lipinski definition) is 1. The molecule has 3 heterocycles. The maximum Gasteiger partial charge on any atom is 0.183 e. The van der Waals surface area contributed by atoms with Crippen molar-refractivity contribution in [1.82, 2.24) is 25.1 Å². The van der Waals surface area contributed by atoms with Crippen LogP contribution in [0.3, 0.4) is 0 Å². The van der Waals surface area contributed by atoms with Crippen molar-refractivity contribution in [2.75, 3.05) is 13.1 Å². The number of H-pyrrole nitrogens is 1. The predicted molar refractivity (Wildman–Crippen MR) is 70.8 cm³/mol. The van der Waals surface area contributed by atoms with Gasteiger partial charge in [0, 0.05) is 23.5 Å². The smallest absolute Gasteiger partial charge is 0.183 e. The lowest BCUT2D eigenvalue weighted by atomic mass is 9.96. The zero-order valence-corrected chi connectivity index (χ0v) is 11.4. The summed E-state index contributed by atoms with van der Waals surface area (Å²) >= 11 is 7.40. The highest BCUT2D eigenvalue weighted by molar-refractivity contribution is 7.15. The molecule has 18 heavy (non-hydrogen) atoms. The zero-order valence-electron chi connectivity index (χ0n) is 9.84. The molecule has 5 nitrogen and oxygen atoms in total. The lowest BCUT2D eigenvalue weighted by molar-refractivity contribution is 0.203. The van der Waals surface area contributed by atoms with Crippen LogP contribution in [0.5, 0.6) is 0 Å². The van der Waals surface area contributed by atoms with E-state index in [4.69, 9.17) is 11.6 Å². The quantitative estimate of drug-likeness (QED) is 0.939. The highest BCUT2D eigenvalue weighted by atomic mass is 35.5. The number of likely N-dealkylation sites (tertiary alicyclic amines) is 1. The second-order valence-electron chi connectivity index (χ2n) is 4.50. The molecule has 96 valence electrons. The van der Waals surface area contributed by atoms with Crippen LogP contribution in [0.4, 0.5) is 0 Å². The fourth-order valence-corrected chi connectivity index (χ4v) is 3.37. The first-order chi connectivity index (χ1) is 8.81. The van der Waals surface area contributed by atoms with Crippen molar-refractivity contribution in [1.29, 1.82) is 0 Å². The fourth-order valence-electron chi connectivity index (χ4n) is 2.35. The van der Waals surface area contributed by atoms with Crippen molar-refractivity contribution in [2.45, 2.75) is 25.3 Å². The minimum absolute atomic E-state index is 0.522. The van der Waals surface area contributed by atoms with Gasteiger partial charge in [-0.3, -0.25) is 10.00 Å². The van der Waals surface area contributed by atoms with Gasteiger partial charge in [-0.05, 0) is 25.9 Å². The highest BCUT2D eigenvalue weighted by Crippen LogP contribution is 2.27. The van der Waals surface area contributed by atoms with Crippen LogP contribution >= 0.6 is 22.9 Å². The Hall–Kier alpha value is -0.980. The normalized spacial score (nSPS) is 18.3. The van der Waals surface area contributed by atoms with Crippen LogP contribution in [0.2, 0.25) is 4.47 Å². The van der Waals surface area contributed by atoms with E-state index in [1.54, 1.807) is 17.7 Å². The second kappa shape index (κ2) is 5.34. The number of nitrogens with one attached hydrogen (secondary N) is 1. The number of thiazole rings is 1.